The van der Waals surface area contributed by atoms with Crippen LogP contribution in [0, 0.1) is 0 Å². The Labute approximate surface area is 141 Å². The van der Waals surface area contributed by atoms with Gasteiger partial charge in [0, 0.05) is 49.4 Å². The van der Waals surface area contributed by atoms with E-state index in [-0.39, 0.29) is 5.91 Å². The third-order valence-corrected chi connectivity index (χ3v) is 4.90. The summed E-state index contributed by atoms with van der Waals surface area (Å²) < 4.78 is 0. The van der Waals surface area contributed by atoms with E-state index in [9.17, 15) is 4.79 Å². The molecule has 0 spiro atoms. The Balaban J connectivity index is 1.33. The second-order valence-electron chi connectivity index (χ2n) is 5.79. The monoisotopic (exact) mass is 329 g/mol. The quantitative estimate of drug-likeness (QED) is 0.828. The maximum atomic E-state index is 11.8. The average molecular weight is 329 g/mol. The van der Waals surface area contributed by atoms with E-state index in [1.807, 2.05) is 16.8 Å². The molecule has 2 heterocycles. The zero-order chi connectivity index (χ0) is 15.9. The average Bonchev–Trinajstić information content (AvgIpc) is 3.15. The fourth-order valence-electron chi connectivity index (χ4n) is 2.87. The fourth-order valence-corrected chi connectivity index (χ4v) is 3.50. The lowest BCUT2D eigenvalue weighted by atomic mass is 10.2. The highest BCUT2D eigenvalue weighted by atomic mass is 32.1. The summed E-state index contributed by atoms with van der Waals surface area (Å²) in [5, 5.41) is 6.81. The van der Waals surface area contributed by atoms with Crippen LogP contribution in [-0.4, -0.2) is 50.1 Å². The van der Waals surface area contributed by atoms with Gasteiger partial charge in [0.15, 0.2) is 0 Å². The molecule has 1 N–H and O–H groups in total. The molecule has 0 saturated carbocycles. The molecule has 1 aromatic heterocycles. The van der Waals surface area contributed by atoms with Crippen molar-refractivity contribution >= 4 is 22.9 Å². The van der Waals surface area contributed by atoms with Gasteiger partial charge < -0.3 is 10.2 Å². The van der Waals surface area contributed by atoms with Crippen molar-refractivity contribution in [1.82, 2.24) is 10.2 Å². The van der Waals surface area contributed by atoms with E-state index in [0.717, 1.165) is 51.3 Å². The van der Waals surface area contributed by atoms with Gasteiger partial charge in [0.25, 0.3) is 5.91 Å². The molecule has 3 rings (SSSR count). The first-order valence-electron chi connectivity index (χ1n) is 8.16. The zero-order valence-electron chi connectivity index (χ0n) is 13.3. The number of para-hydroxylation sites is 1. The number of hydrogen-bond donors (Lipinski definition) is 1. The number of anilines is 1. The number of piperazine rings is 1. The van der Waals surface area contributed by atoms with Crippen molar-refractivity contribution in [3.63, 3.8) is 0 Å². The number of hydrogen-bond acceptors (Lipinski definition) is 4. The summed E-state index contributed by atoms with van der Waals surface area (Å²) in [6, 6.07) is 12.5. The van der Waals surface area contributed by atoms with Gasteiger partial charge >= 0.3 is 0 Å². The largest absolute Gasteiger partial charge is 0.369 e. The highest BCUT2D eigenvalue weighted by Gasteiger charge is 2.16. The highest BCUT2D eigenvalue weighted by molar-refractivity contribution is 7.08. The molecule has 0 bridgehead atoms. The van der Waals surface area contributed by atoms with Crippen molar-refractivity contribution in [3.05, 3.63) is 52.7 Å². The molecule has 1 aliphatic heterocycles. The molecular weight excluding hydrogens is 306 g/mol. The fraction of sp³-hybridized carbons (Fsp3) is 0.389. The minimum Gasteiger partial charge on any atom is -0.369 e. The van der Waals surface area contributed by atoms with Crippen molar-refractivity contribution in [3.8, 4) is 0 Å². The normalized spacial score (nSPS) is 15.6. The van der Waals surface area contributed by atoms with Crippen LogP contribution in [-0.2, 0) is 0 Å². The number of benzene rings is 1. The number of nitrogens with zero attached hydrogens (tertiary/aromatic N) is 2. The van der Waals surface area contributed by atoms with Crippen LogP contribution in [0.4, 0.5) is 5.69 Å². The molecule has 0 atom stereocenters. The van der Waals surface area contributed by atoms with Crippen LogP contribution in [0.1, 0.15) is 16.8 Å². The molecule has 23 heavy (non-hydrogen) atoms. The lowest BCUT2D eigenvalue weighted by molar-refractivity contribution is 0.0952. The van der Waals surface area contributed by atoms with E-state index in [1.54, 1.807) is 11.3 Å². The summed E-state index contributed by atoms with van der Waals surface area (Å²) in [6.07, 6.45) is 1.00. The number of carbonyl (C=O) groups is 1. The third kappa shape index (κ3) is 4.56. The maximum Gasteiger partial charge on any atom is 0.252 e. The lowest BCUT2D eigenvalue weighted by Crippen LogP contribution is -2.47. The Morgan fingerprint density at radius 1 is 1.09 bits per heavy atom. The van der Waals surface area contributed by atoms with Gasteiger partial charge in [-0.05, 0) is 36.5 Å². The van der Waals surface area contributed by atoms with E-state index in [0.29, 0.717) is 0 Å². The van der Waals surface area contributed by atoms with Crippen LogP contribution in [0.25, 0.3) is 0 Å². The van der Waals surface area contributed by atoms with Crippen LogP contribution in [0.3, 0.4) is 0 Å². The Morgan fingerprint density at radius 2 is 1.87 bits per heavy atom. The van der Waals surface area contributed by atoms with Crippen LogP contribution >= 0.6 is 11.3 Å². The van der Waals surface area contributed by atoms with Gasteiger partial charge in [0.05, 0.1) is 0 Å². The molecule has 1 amide bonds. The van der Waals surface area contributed by atoms with E-state index in [1.165, 1.54) is 5.69 Å². The van der Waals surface area contributed by atoms with Gasteiger partial charge in [0.1, 0.15) is 0 Å². The van der Waals surface area contributed by atoms with E-state index < -0.39 is 0 Å². The molecule has 1 fully saturated rings. The van der Waals surface area contributed by atoms with Crippen LogP contribution in [0.15, 0.2) is 47.2 Å². The number of carbonyl (C=O) groups excluding carboxylic acids is 1. The van der Waals surface area contributed by atoms with Gasteiger partial charge in [0.2, 0.25) is 0 Å². The standard InChI is InChI=1S/C18H23N3OS/c22-18(16-7-14-23-15-16)19-8-4-9-20-10-12-21(13-11-20)17-5-2-1-3-6-17/h1-3,5-7,14-15H,4,8-13H2,(H,19,22). The first-order chi connectivity index (χ1) is 11.3. The predicted octanol–water partition coefficient (Wildman–Crippen LogP) is 2.69. The van der Waals surface area contributed by atoms with E-state index >= 15 is 0 Å². The molecular formula is C18H23N3OS. The van der Waals surface area contributed by atoms with Crippen molar-refractivity contribution in [2.75, 3.05) is 44.2 Å². The second-order valence-corrected chi connectivity index (χ2v) is 6.57. The summed E-state index contributed by atoms with van der Waals surface area (Å²) in [5.41, 5.74) is 2.08. The smallest absolute Gasteiger partial charge is 0.252 e. The molecule has 122 valence electrons. The summed E-state index contributed by atoms with van der Waals surface area (Å²) in [4.78, 5) is 16.8. The minimum atomic E-state index is 0.0418. The van der Waals surface area contributed by atoms with Gasteiger partial charge in [-0.15, -0.1) is 0 Å². The van der Waals surface area contributed by atoms with Gasteiger partial charge in [-0.3, -0.25) is 9.69 Å². The van der Waals surface area contributed by atoms with Crippen LogP contribution < -0.4 is 10.2 Å². The molecule has 0 radical (unpaired) electrons. The molecule has 1 saturated heterocycles. The minimum absolute atomic E-state index is 0.0418. The predicted molar refractivity (Wildman–Crippen MR) is 96.4 cm³/mol. The topological polar surface area (TPSA) is 35.6 Å². The Kier molecular flexibility index (Phi) is 5.66. The van der Waals surface area contributed by atoms with Gasteiger partial charge in [-0.1, -0.05) is 18.2 Å². The molecule has 2 aromatic rings. The Morgan fingerprint density at radius 3 is 2.57 bits per heavy atom. The van der Waals surface area contributed by atoms with E-state index in [4.69, 9.17) is 0 Å². The summed E-state index contributed by atoms with van der Waals surface area (Å²) in [7, 11) is 0. The molecule has 4 nitrogen and oxygen atoms in total. The van der Waals surface area contributed by atoms with Crippen LogP contribution in [0.2, 0.25) is 0 Å². The summed E-state index contributed by atoms with van der Waals surface area (Å²) >= 11 is 1.55. The zero-order valence-corrected chi connectivity index (χ0v) is 14.1. The number of nitrogens with one attached hydrogen (secondary N) is 1. The number of amides is 1. The molecule has 1 aliphatic rings. The second kappa shape index (κ2) is 8.13. The van der Waals surface area contributed by atoms with E-state index in [2.05, 4.69) is 45.4 Å². The van der Waals surface area contributed by atoms with Crippen LogP contribution in [0.5, 0.6) is 0 Å². The summed E-state index contributed by atoms with van der Waals surface area (Å²) in [6.45, 7) is 6.12. The van der Waals surface area contributed by atoms with Gasteiger partial charge in [-0.25, -0.2) is 0 Å². The van der Waals surface area contributed by atoms with Crippen molar-refractivity contribution in [2.45, 2.75) is 6.42 Å². The number of rotatable bonds is 6. The molecule has 1 aromatic carbocycles. The molecule has 0 unspecified atom stereocenters. The molecule has 5 heteroatoms. The lowest BCUT2D eigenvalue weighted by Gasteiger charge is -2.36. The first-order valence-corrected chi connectivity index (χ1v) is 9.10. The third-order valence-electron chi connectivity index (χ3n) is 4.21. The number of thiophene rings is 1. The SMILES string of the molecule is O=C(NCCCN1CCN(c2ccccc2)CC1)c1ccsc1. The maximum absolute atomic E-state index is 11.8. The Bertz CT molecular complexity index is 592. The van der Waals surface area contributed by atoms with Crippen molar-refractivity contribution in [2.24, 2.45) is 0 Å². The summed E-state index contributed by atoms with van der Waals surface area (Å²) in [5.74, 6) is 0.0418. The highest BCUT2D eigenvalue weighted by Crippen LogP contribution is 2.15. The van der Waals surface area contributed by atoms with Gasteiger partial charge in [-0.2, -0.15) is 11.3 Å². The Hall–Kier alpha value is -1.85. The van der Waals surface area contributed by atoms with Crippen molar-refractivity contribution < 1.29 is 4.79 Å². The molecule has 0 aliphatic carbocycles. The van der Waals surface area contributed by atoms with Crippen molar-refractivity contribution in [1.29, 1.82) is 0 Å². The first kappa shape index (κ1) is 16.0.